The number of hydrogen-bond donors (Lipinski definition) is 2. The van der Waals surface area contributed by atoms with Crippen LogP contribution in [-0.4, -0.2) is 20.9 Å². The van der Waals surface area contributed by atoms with Gasteiger partial charge in [-0.2, -0.15) is 13.2 Å². The molecular weight excluding hydrogens is 397 g/mol. The molecule has 3 rings (SSSR count). The van der Waals surface area contributed by atoms with Crippen molar-refractivity contribution in [3.05, 3.63) is 47.5 Å². The number of sulfonamides is 1. The Labute approximate surface area is 159 Å². The van der Waals surface area contributed by atoms with E-state index in [1.165, 1.54) is 18.2 Å². The van der Waals surface area contributed by atoms with Gasteiger partial charge in [-0.15, -0.1) is 0 Å². The molecule has 0 radical (unpaired) electrons. The molecule has 2 aromatic rings. The predicted molar refractivity (Wildman–Crippen MR) is 96.8 cm³/mol. The van der Waals surface area contributed by atoms with Crippen LogP contribution in [0.2, 0.25) is 0 Å². The molecule has 0 bridgehead atoms. The predicted octanol–water partition coefficient (Wildman–Crippen LogP) is 3.79. The van der Waals surface area contributed by atoms with Gasteiger partial charge in [-0.05, 0) is 48.4 Å². The third kappa shape index (κ3) is 4.22. The first-order chi connectivity index (χ1) is 13.1. The number of carbonyl (C=O) groups is 1. The number of hydrogen-bond acceptors (Lipinski definition) is 4. The Morgan fingerprint density at radius 2 is 1.93 bits per heavy atom. The Morgan fingerprint density at radius 3 is 2.61 bits per heavy atom. The zero-order chi connectivity index (χ0) is 20.5. The molecule has 0 unspecified atom stereocenters. The van der Waals surface area contributed by atoms with Crippen molar-refractivity contribution >= 4 is 27.3 Å². The molecule has 150 valence electrons. The highest BCUT2D eigenvalue weighted by atomic mass is 32.2. The average molecular weight is 414 g/mol. The van der Waals surface area contributed by atoms with Crippen LogP contribution in [0.5, 0.6) is 5.75 Å². The van der Waals surface area contributed by atoms with E-state index in [2.05, 4.69) is 10.0 Å². The fraction of sp³-hybridized carbons (Fsp3) is 0.278. The monoisotopic (exact) mass is 414 g/mol. The van der Waals surface area contributed by atoms with Crippen LogP contribution in [0.3, 0.4) is 0 Å². The SMILES string of the molecule is CCCOc1ccc(C(F)(F)F)cc1NS(=O)(=O)c1ccc2c(c1)CC(=O)N2. The molecule has 6 nitrogen and oxygen atoms in total. The largest absolute Gasteiger partial charge is 0.491 e. The van der Waals surface area contributed by atoms with Crippen molar-refractivity contribution in [3.8, 4) is 5.75 Å². The molecule has 0 atom stereocenters. The molecular formula is C18H17F3N2O4S. The van der Waals surface area contributed by atoms with Gasteiger partial charge in [0.1, 0.15) is 5.75 Å². The van der Waals surface area contributed by atoms with Crippen LogP contribution in [0.25, 0.3) is 0 Å². The first-order valence-electron chi connectivity index (χ1n) is 8.40. The summed E-state index contributed by atoms with van der Waals surface area (Å²) in [7, 11) is -4.20. The molecule has 0 saturated heterocycles. The van der Waals surface area contributed by atoms with Gasteiger partial charge < -0.3 is 10.1 Å². The lowest BCUT2D eigenvalue weighted by atomic mass is 10.2. The summed E-state index contributed by atoms with van der Waals surface area (Å²) in [4.78, 5) is 11.3. The highest BCUT2D eigenvalue weighted by molar-refractivity contribution is 7.92. The molecule has 0 saturated carbocycles. The third-order valence-corrected chi connectivity index (χ3v) is 5.39. The van der Waals surface area contributed by atoms with Crippen molar-refractivity contribution in [3.63, 3.8) is 0 Å². The van der Waals surface area contributed by atoms with Gasteiger partial charge in [0, 0.05) is 5.69 Å². The van der Waals surface area contributed by atoms with Gasteiger partial charge in [-0.3, -0.25) is 9.52 Å². The minimum Gasteiger partial charge on any atom is -0.491 e. The highest BCUT2D eigenvalue weighted by Crippen LogP contribution is 2.36. The maximum atomic E-state index is 13.0. The summed E-state index contributed by atoms with van der Waals surface area (Å²) in [5.41, 5.74) is -0.301. The van der Waals surface area contributed by atoms with Crippen LogP contribution < -0.4 is 14.8 Å². The molecule has 0 fully saturated rings. The second kappa shape index (κ2) is 7.34. The van der Waals surface area contributed by atoms with Crippen molar-refractivity contribution in [1.29, 1.82) is 0 Å². The first-order valence-corrected chi connectivity index (χ1v) is 9.88. The van der Waals surface area contributed by atoms with Gasteiger partial charge in [0.25, 0.3) is 10.0 Å². The number of ether oxygens (including phenoxy) is 1. The fourth-order valence-corrected chi connectivity index (χ4v) is 3.81. The lowest BCUT2D eigenvalue weighted by Crippen LogP contribution is -2.15. The maximum Gasteiger partial charge on any atom is 0.416 e. The average Bonchev–Trinajstić information content (AvgIpc) is 2.98. The van der Waals surface area contributed by atoms with Gasteiger partial charge in [0.15, 0.2) is 0 Å². The van der Waals surface area contributed by atoms with Crippen LogP contribution in [-0.2, 0) is 27.4 Å². The van der Waals surface area contributed by atoms with E-state index >= 15 is 0 Å². The van der Waals surface area contributed by atoms with Crippen molar-refractivity contribution in [2.24, 2.45) is 0 Å². The summed E-state index contributed by atoms with van der Waals surface area (Å²) in [5.74, 6) is -0.262. The molecule has 0 spiro atoms. The Bertz CT molecular complexity index is 1020. The number of carbonyl (C=O) groups excluding carboxylic acids is 1. The van der Waals surface area contributed by atoms with Gasteiger partial charge in [0.05, 0.1) is 29.2 Å². The molecule has 0 aliphatic carbocycles. The van der Waals surface area contributed by atoms with E-state index in [1.54, 1.807) is 0 Å². The Morgan fingerprint density at radius 1 is 1.18 bits per heavy atom. The van der Waals surface area contributed by atoms with Crippen molar-refractivity contribution in [1.82, 2.24) is 0 Å². The number of amides is 1. The van der Waals surface area contributed by atoms with Crippen LogP contribution in [0.4, 0.5) is 24.5 Å². The summed E-state index contributed by atoms with van der Waals surface area (Å²) >= 11 is 0. The zero-order valence-electron chi connectivity index (χ0n) is 14.8. The molecule has 1 aliphatic rings. The van der Waals surface area contributed by atoms with Gasteiger partial charge in [0.2, 0.25) is 5.91 Å². The van der Waals surface area contributed by atoms with E-state index in [-0.39, 0.29) is 35.3 Å². The Kier molecular flexibility index (Phi) is 5.24. The Hall–Kier alpha value is -2.75. The molecule has 2 aromatic carbocycles. The number of alkyl halides is 3. The van der Waals surface area contributed by atoms with E-state index in [0.29, 0.717) is 23.7 Å². The number of anilines is 2. The van der Waals surface area contributed by atoms with Gasteiger partial charge >= 0.3 is 6.18 Å². The summed E-state index contributed by atoms with van der Waals surface area (Å²) in [6.45, 7) is 2.03. The molecule has 28 heavy (non-hydrogen) atoms. The number of benzene rings is 2. The van der Waals surface area contributed by atoms with Crippen LogP contribution in [0.15, 0.2) is 41.3 Å². The van der Waals surface area contributed by atoms with E-state index in [9.17, 15) is 26.4 Å². The van der Waals surface area contributed by atoms with Gasteiger partial charge in [-0.1, -0.05) is 6.92 Å². The lowest BCUT2D eigenvalue weighted by Gasteiger charge is -2.16. The summed E-state index contributed by atoms with van der Waals surface area (Å²) < 4.78 is 72.1. The molecule has 1 heterocycles. The van der Waals surface area contributed by atoms with Crippen LogP contribution >= 0.6 is 0 Å². The molecule has 1 amide bonds. The minimum absolute atomic E-state index is 0.00331. The Balaban J connectivity index is 1.96. The summed E-state index contributed by atoms with van der Waals surface area (Å²) in [6, 6.07) is 6.64. The number of fused-ring (bicyclic) bond motifs is 1. The summed E-state index contributed by atoms with van der Waals surface area (Å²) in [6.07, 6.45) is -4.00. The quantitative estimate of drug-likeness (QED) is 0.753. The maximum absolute atomic E-state index is 13.0. The number of rotatable bonds is 6. The molecule has 1 aliphatic heterocycles. The second-order valence-corrected chi connectivity index (χ2v) is 7.89. The smallest absolute Gasteiger partial charge is 0.416 e. The lowest BCUT2D eigenvalue weighted by molar-refractivity contribution is -0.137. The van der Waals surface area contributed by atoms with E-state index < -0.39 is 21.8 Å². The molecule has 2 N–H and O–H groups in total. The van der Waals surface area contributed by atoms with Crippen molar-refractivity contribution in [2.45, 2.75) is 30.8 Å². The standard InChI is InChI=1S/C18H17F3N2O4S/c1-2-7-27-16-6-3-12(18(19,20)21)10-15(16)23-28(25,26)13-4-5-14-11(8-13)9-17(24)22-14/h3-6,8,10,23H,2,7,9H2,1H3,(H,22,24). The molecule has 0 aromatic heterocycles. The van der Waals surface area contributed by atoms with Crippen molar-refractivity contribution in [2.75, 3.05) is 16.6 Å². The zero-order valence-corrected chi connectivity index (χ0v) is 15.6. The second-order valence-electron chi connectivity index (χ2n) is 6.21. The third-order valence-electron chi connectivity index (χ3n) is 4.03. The minimum atomic E-state index is -4.64. The van der Waals surface area contributed by atoms with E-state index in [1.807, 2.05) is 6.92 Å². The fourth-order valence-electron chi connectivity index (χ4n) is 2.70. The van der Waals surface area contributed by atoms with Crippen molar-refractivity contribution < 1.29 is 31.1 Å². The van der Waals surface area contributed by atoms with Gasteiger partial charge in [-0.25, -0.2) is 8.42 Å². The summed E-state index contributed by atoms with van der Waals surface area (Å²) in [5, 5.41) is 2.58. The van der Waals surface area contributed by atoms with E-state index in [4.69, 9.17) is 4.74 Å². The van der Waals surface area contributed by atoms with E-state index in [0.717, 1.165) is 12.1 Å². The highest BCUT2D eigenvalue weighted by Gasteiger charge is 2.32. The van der Waals surface area contributed by atoms with Crippen LogP contribution in [0.1, 0.15) is 24.5 Å². The number of nitrogens with one attached hydrogen (secondary N) is 2. The number of halogens is 3. The first kappa shape index (κ1) is 20.0. The topological polar surface area (TPSA) is 84.5 Å². The molecule has 10 heteroatoms. The normalized spacial score (nSPS) is 13.8. The van der Waals surface area contributed by atoms with Crippen LogP contribution in [0, 0.1) is 0 Å².